The summed E-state index contributed by atoms with van der Waals surface area (Å²) < 4.78 is 6.28. The molecule has 1 fully saturated rings. The van der Waals surface area contributed by atoms with Crippen LogP contribution in [0.3, 0.4) is 0 Å². The van der Waals surface area contributed by atoms with Crippen molar-refractivity contribution in [2.45, 2.75) is 143 Å². The second kappa shape index (κ2) is 14.3. The quantitative estimate of drug-likeness (QED) is 0.144. The average molecular weight is 656 g/mol. The second-order valence-corrected chi connectivity index (χ2v) is 17.7. The zero-order valence-corrected chi connectivity index (χ0v) is 31.7. The molecule has 4 N–H and O–H groups in total. The van der Waals surface area contributed by atoms with Gasteiger partial charge >= 0.3 is 5.97 Å². The molecule has 1 aliphatic heterocycles. The van der Waals surface area contributed by atoms with Gasteiger partial charge in [0.15, 0.2) is 0 Å². The summed E-state index contributed by atoms with van der Waals surface area (Å²) in [6.07, 6.45) is 2.05. The van der Waals surface area contributed by atoms with Gasteiger partial charge in [0.1, 0.15) is 11.5 Å². The predicted octanol–water partition coefficient (Wildman–Crippen LogP) is 8.76. The van der Waals surface area contributed by atoms with E-state index in [1.807, 2.05) is 18.2 Å². The SMILES string of the molecule is CC(C)(C)c1cc(CN[C@H]2NCCC[C@@H]2NCc2cc(C(C)(C)C)cc(C(C)(C)C)c2OC(=O)c2ccccc2)c(O)c(C(C)(C)C)c1. The third kappa shape index (κ3) is 9.28. The second-order valence-electron chi connectivity index (χ2n) is 17.7. The lowest BCUT2D eigenvalue weighted by Gasteiger charge is -2.35. The Morgan fingerprint density at radius 3 is 1.85 bits per heavy atom. The minimum absolute atomic E-state index is 0.00210. The number of piperidine rings is 1. The van der Waals surface area contributed by atoms with E-state index in [1.165, 1.54) is 11.1 Å². The molecule has 0 bridgehead atoms. The van der Waals surface area contributed by atoms with Crippen LogP contribution in [0.2, 0.25) is 0 Å². The topological polar surface area (TPSA) is 82.6 Å². The summed E-state index contributed by atoms with van der Waals surface area (Å²) in [5.41, 5.74) is 6.33. The van der Waals surface area contributed by atoms with Crippen LogP contribution in [0.1, 0.15) is 140 Å². The van der Waals surface area contributed by atoms with Gasteiger partial charge in [0.25, 0.3) is 0 Å². The molecule has 0 amide bonds. The number of nitrogens with one attached hydrogen (secondary N) is 3. The van der Waals surface area contributed by atoms with Crippen LogP contribution >= 0.6 is 0 Å². The molecule has 0 unspecified atom stereocenters. The molecule has 1 saturated heterocycles. The van der Waals surface area contributed by atoms with Crippen LogP contribution in [0.4, 0.5) is 0 Å². The Bertz CT molecular complexity index is 1570. The van der Waals surface area contributed by atoms with E-state index in [0.29, 0.717) is 30.2 Å². The highest BCUT2D eigenvalue weighted by molar-refractivity contribution is 5.91. The number of hydrogen-bond donors (Lipinski definition) is 4. The number of esters is 1. The Balaban J connectivity index is 1.64. The van der Waals surface area contributed by atoms with Crippen molar-refractivity contribution in [3.63, 3.8) is 0 Å². The third-order valence-corrected chi connectivity index (χ3v) is 9.43. The smallest absolute Gasteiger partial charge is 0.343 e. The first-order valence-corrected chi connectivity index (χ1v) is 17.7. The third-order valence-electron chi connectivity index (χ3n) is 9.43. The Morgan fingerprint density at radius 1 is 0.750 bits per heavy atom. The molecule has 2 atom stereocenters. The van der Waals surface area contributed by atoms with Crippen molar-refractivity contribution in [1.29, 1.82) is 0 Å². The average Bonchev–Trinajstić information content (AvgIpc) is 2.98. The summed E-state index contributed by atoms with van der Waals surface area (Å²) in [7, 11) is 0. The molecule has 1 aliphatic rings. The fourth-order valence-electron chi connectivity index (χ4n) is 6.27. The van der Waals surface area contributed by atoms with Crippen molar-refractivity contribution in [1.82, 2.24) is 16.0 Å². The maximum Gasteiger partial charge on any atom is 0.343 e. The maximum atomic E-state index is 13.4. The van der Waals surface area contributed by atoms with Crippen molar-refractivity contribution in [2.24, 2.45) is 0 Å². The molecule has 262 valence electrons. The van der Waals surface area contributed by atoms with Crippen LogP contribution in [0, 0.1) is 0 Å². The van der Waals surface area contributed by atoms with Crippen LogP contribution in [-0.4, -0.2) is 29.8 Å². The van der Waals surface area contributed by atoms with Gasteiger partial charge in [-0.15, -0.1) is 0 Å². The lowest BCUT2D eigenvalue weighted by Crippen LogP contribution is -2.58. The van der Waals surface area contributed by atoms with Gasteiger partial charge in [-0.1, -0.05) is 126 Å². The first-order valence-electron chi connectivity index (χ1n) is 17.7. The fourth-order valence-corrected chi connectivity index (χ4v) is 6.27. The molecule has 0 saturated carbocycles. The molecule has 4 rings (SSSR count). The molecular weight excluding hydrogens is 594 g/mol. The number of benzene rings is 3. The van der Waals surface area contributed by atoms with Crippen LogP contribution in [0.15, 0.2) is 54.6 Å². The molecule has 0 aromatic heterocycles. The van der Waals surface area contributed by atoms with E-state index in [-0.39, 0.29) is 39.8 Å². The van der Waals surface area contributed by atoms with Gasteiger partial charge in [-0.05, 0) is 69.9 Å². The number of ether oxygens (including phenoxy) is 1. The van der Waals surface area contributed by atoms with Crippen LogP contribution in [0.25, 0.3) is 0 Å². The molecule has 1 heterocycles. The number of aromatic hydroxyl groups is 1. The predicted molar refractivity (Wildman–Crippen MR) is 199 cm³/mol. The number of hydrogen-bond acceptors (Lipinski definition) is 6. The van der Waals surface area contributed by atoms with E-state index in [9.17, 15) is 9.90 Å². The highest BCUT2D eigenvalue weighted by Gasteiger charge is 2.30. The van der Waals surface area contributed by atoms with E-state index in [0.717, 1.165) is 41.6 Å². The molecule has 0 spiro atoms. The summed E-state index contributed by atoms with van der Waals surface area (Å²) in [6.45, 7) is 28.3. The van der Waals surface area contributed by atoms with Crippen molar-refractivity contribution in [2.75, 3.05) is 6.54 Å². The van der Waals surface area contributed by atoms with E-state index < -0.39 is 0 Å². The largest absolute Gasteiger partial charge is 0.507 e. The lowest BCUT2D eigenvalue weighted by molar-refractivity contribution is 0.0729. The molecule has 48 heavy (non-hydrogen) atoms. The molecule has 6 nitrogen and oxygen atoms in total. The summed E-state index contributed by atoms with van der Waals surface area (Å²) in [5, 5.41) is 22.7. The summed E-state index contributed by atoms with van der Waals surface area (Å²) in [4.78, 5) is 13.4. The molecule has 3 aromatic rings. The van der Waals surface area contributed by atoms with E-state index in [2.05, 4.69) is 123 Å². The number of carbonyl (C=O) groups excluding carboxylic acids is 1. The van der Waals surface area contributed by atoms with Crippen molar-refractivity contribution in [3.8, 4) is 11.5 Å². The first kappa shape index (κ1) is 37.6. The molecule has 6 heteroatoms. The summed E-state index contributed by atoms with van der Waals surface area (Å²) in [5.74, 6) is 0.669. The maximum absolute atomic E-state index is 13.4. The van der Waals surface area contributed by atoms with Crippen LogP contribution in [-0.2, 0) is 34.7 Å². The summed E-state index contributed by atoms with van der Waals surface area (Å²) in [6, 6.07) is 18.1. The lowest BCUT2D eigenvalue weighted by atomic mass is 9.78. The van der Waals surface area contributed by atoms with Gasteiger partial charge in [-0.25, -0.2) is 4.79 Å². The van der Waals surface area contributed by atoms with E-state index in [4.69, 9.17) is 4.74 Å². The minimum Gasteiger partial charge on any atom is -0.507 e. The van der Waals surface area contributed by atoms with Gasteiger partial charge in [-0.2, -0.15) is 0 Å². The minimum atomic E-state index is -0.350. The van der Waals surface area contributed by atoms with Crippen LogP contribution < -0.4 is 20.7 Å². The van der Waals surface area contributed by atoms with Gasteiger partial charge in [0.2, 0.25) is 0 Å². The van der Waals surface area contributed by atoms with E-state index in [1.54, 1.807) is 12.1 Å². The number of rotatable bonds is 8. The Hall–Kier alpha value is -3.19. The van der Waals surface area contributed by atoms with Crippen molar-refractivity contribution < 1.29 is 14.6 Å². The van der Waals surface area contributed by atoms with Gasteiger partial charge < -0.3 is 20.5 Å². The molecule has 0 radical (unpaired) electrons. The van der Waals surface area contributed by atoms with Crippen molar-refractivity contribution in [3.05, 3.63) is 93.5 Å². The Labute approximate surface area is 290 Å². The van der Waals surface area contributed by atoms with Gasteiger partial charge in [0.05, 0.1) is 11.7 Å². The highest BCUT2D eigenvalue weighted by atomic mass is 16.5. The van der Waals surface area contributed by atoms with E-state index >= 15 is 0 Å². The fraction of sp³-hybridized carbons (Fsp3) is 0.548. The number of phenols is 1. The summed E-state index contributed by atoms with van der Waals surface area (Å²) >= 11 is 0. The zero-order chi connectivity index (χ0) is 35.7. The monoisotopic (exact) mass is 655 g/mol. The van der Waals surface area contributed by atoms with Crippen LogP contribution in [0.5, 0.6) is 11.5 Å². The number of carbonyl (C=O) groups is 1. The van der Waals surface area contributed by atoms with Gasteiger partial charge in [-0.3, -0.25) is 5.32 Å². The van der Waals surface area contributed by atoms with Gasteiger partial charge in [0, 0.05) is 35.8 Å². The Kier molecular flexibility index (Phi) is 11.2. The van der Waals surface area contributed by atoms with Crippen molar-refractivity contribution >= 4 is 5.97 Å². The molecule has 0 aliphatic carbocycles. The molecule has 3 aromatic carbocycles. The zero-order valence-electron chi connectivity index (χ0n) is 31.7. The first-order chi connectivity index (χ1) is 22.2. The normalized spacial score (nSPS) is 17.8. The molecular formula is C42H61N3O3. The Morgan fingerprint density at radius 2 is 1.29 bits per heavy atom. The highest BCUT2D eigenvalue weighted by Crippen LogP contribution is 2.40. The number of phenolic OH excluding ortho intramolecular Hbond substituents is 1. The standard InChI is InChI=1S/C42H61N3O3/c1-39(2,3)30-21-28(35(46)32(23-30)41(7,8)9)25-45-37-34(19-16-20-43-37)44-26-29-22-31(40(4,5)6)24-33(42(10,11)12)36(29)48-38(47)27-17-14-13-15-18-27/h13-15,17-18,21-24,34,37,43-46H,16,19-20,25-26H2,1-12H3/t34-,37+/m0/s1.